The number of rotatable bonds is 10. The van der Waals surface area contributed by atoms with Crippen molar-refractivity contribution in [1.29, 1.82) is 0 Å². The predicted molar refractivity (Wildman–Crippen MR) is 136 cm³/mol. The van der Waals surface area contributed by atoms with Crippen molar-refractivity contribution < 1.29 is 4.74 Å². The van der Waals surface area contributed by atoms with E-state index in [0.29, 0.717) is 6.61 Å². The summed E-state index contributed by atoms with van der Waals surface area (Å²) in [7, 11) is 0. The minimum atomic E-state index is -0.0998. The van der Waals surface area contributed by atoms with Gasteiger partial charge >= 0.3 is 0 Å². The molecule has 0 aliphatic rings. The van der Waals surface area contributed by atoms with Gasteiger partial charge in [0.2, 0.25) is 0 Å². The number of aromatic nitrogens is 2. The number of hydrogen-bond acceptors (Lipinski definition) is 4. The van der Waals surface area contributed by atoms with E-state index >= 15 is 0 Å². The van der Waals surface area contributed by atoms with Crippen molar-refractivity contribution in [2.45, 2.75) is 60.4 Å². The fourth-order valence-corrected chi connectivity index (χ4v) is 4.61. The van der Waals surface area contributed by atoms with Crippen LogP contribution in [-0.4, -0.2) is 46.1 Å². The molecule has 0 saturated heterocycles. The van der Waals surface area contributed by atoms with Crippen molar-refractivity contribution in [3.63, 3.8) is 0 Å². The Morgan fingerprint density at radius 3 is 2.34 bits per heavy atom. The maximum absolute atomic E-state index is 6.27. The third-order valence-corrected chi connectivity index (χ3v) is 5.66. The molecule has 174 valence electrons. The highest BCUT2D eigenvalue weighted by Crippen LogP contribution is 2.38. The van der Waals surface area contributed by atoms with Crippen molar-refractivity contribution in [3.05, 3.63) is 48.7 Å². The molecule has 0 bridgehead atoms. The van der Waals surface area contributed by atoms with Crippen LogP contribution in [0.1, 0.15) is 54.9 Å². The van der Waals surface area contributed by atoms with Crippen LogP contribution in [0, 0.1) is 5.41 Å². The Morgan fingerprint density at radius 2 is 1.66 bits per heavy atom. The molecule has 0 spiro atoms. The van der Waals surface area contributed by atoms with Gasteiger partial charge in [-0.15, -0.1) is 0 Å². The van der Waals surface area contributed by atoms with Gasteiger partial charge in [-0.3, -0.25) is 4.40 Å². The first-order valence-corrected chi connectivity index (χ1v) is 11.8. The second-order valence-electron chi connectivity index (χ2n) is 10.4. The number of ether oxygens (including phenoxy) is 1. The average molecular weight is 437 g/mol. The minimum absolute atomic E-state index is 0.0998. The topological polar surface area (TPSA) is 41.8 Å². The number of imidazole rings is 1. The Hall–Kier alpha value is -2.53. The van der Waals surface area contributed by atoms with E-state index in [1.165, 1.54) is 0 Å². The van der Waals surface area contributed by atoms with Gasteiger partial charge in [0.15, 0.2) is 0 Å². The van der Waals surface area contributed by atoms with E-state index < -0.39 is 0 Å². The SMILES string of the molecule is CCN(CC)CCOc1ccccc1-c1nc2ccccn2c1NC(C)(C)CC(C)(C)C. The van der Waals surface area contributed by atoms with Gasteiger partial charge in [-0.1, -0.05) is 52.8 Å². The molecule has 2 heterocycles. The van der Waals surface area contributed by atoms with Gasteiger partial charge in [0.25, 0.3) is 0 Å². The van der Waals surface area contributed by atoms with Gasteiger partial charge in [-0.05, 0) is 63.0 Å². The normalized spacial score (nSPS) is 12.5. The van der Waals surface area contributed by atoms with Gasteiger partial charge in [-0.2, -0.15) is 0 Å². The molecule has 0 unspecified atom stereocenters. The number of pyridine rings is 1. The van der Waals surface area contributed by atoms with Gasteiger partial charge in [-0.25, -0.2) is 4.98 Å². The van der Waals surface area contributed by atoms with E-state index in [-0.39, 0.29) is 11.0 Å². The van der Waals surface area contributed by atoms with E-state index in [4.69, 9.17) is 9.72 Å². The fourth-order valence-electron chi connectivity index (χ4n) is 4.61. The van der Waals surface area contributed by atoms with Crippen molar-refractivity contribution in [2.75, 3.05) is 31.6 Å². The van der Waals surface area contributed by atoms with Crippen LogP contribution in [0.2, 0.25) is 0 Å². The molecular weight excluding hydrogens is 396 g/mol. The Morgan fingerprint density at radius 1 is 0.969 bits per heavy atom. The molecule has 3 rings (SSSR count). The van der Waals surface area contributed by atoms with E-state index in [1.807, 2.05) is 24.3 Å². The van der Waals surface area contributed by atoms with Crippen LogP contribution >= 0.6 is 0 Å². The zero-order valence-electron chi connectivity index (χ0n) is 20.9. The Bertz CT molecular complexity index is 1010. The lowest BCUT2D eigenvalue weighted by molar-refractivity contribution is 0.223. The van der Waals surface area contributed by atoms with Crippen LogP contribution in [0.3, 0.4) is 0 Å². The van der Waals surface area contributed by atoms with Crippen LogP contribution in [0.15, 0.2) is 48.7 Å². The molecule has 0 fully saturated rings. The summed E-state index contributed by atoms with van der Waals surface area (Å²) in [6.07, 6.45) is 3.10. The van der Waals surface area contributed by atoms with Crippen LogP contribution < -0.4 is 10.1 Å². The third kappa shape index (κ3) is 6.04. The Labute approximate surface area is 193 Å². The quantitative estimate of drug-likeness (QED) is 0.402. The fraction of sp³-hybridized carbons (Fsp3) is 0.519. The Kier molecular flexibility index (Phi) is 7.50. The van der Waals surface area contributed by atoms with Gasteiger partial charge in [0, 0.05) is 23.8 Å². The summed E-state index contributed by atoms with van der Waals surface area (Å²) in [5.74, 6) is 1.88. The van der Waals surface area contributed by atoms with Gasteiger partial charge < -0.3 is 15.0 Å². The number of nitrogens with zero attached hydrogens (tertiary/aromatic N) is 3. The molecule has 0 radical (unpaired) electrons. The second kappa shape index (κ2) is 9.95. The third-order valence-electron chi connectivity index (χ3n) is 5.66. The number of anilines is 1. The molecule has 0 aliphatic heterocycles. The minimum Gasteiger partial charge on any atom is -0.492 e. The number of nitrogens with one attached hydrogen (secondary N) is 1. The monoisotopic (exact) mass is 436 g/mol. The zero-order valence-corrected chi connectivity index (χ0v) is 20.9. The van der Waals surface area contributed by atoms with Crippen molar-refractivity contribution >= 4 is 11.5 Å². The lowest BCUT2D eigenvalue weighted by atomic mass is 9.82. The zero-order chi connectivity index (χ0) is 23.4. The molecular formula is C27H40N4O. The largest absolute Gasteiger partial charge is 0.492 e. The summed E-state index contributed by atoms with van der Waals surface area (Å²) < 4.78 is 8.41. The summed E-state index contributed by atoms with van der Waals surface area (Å²) in [6, 6.07) is 14.4. The highest BCUT2D eigenvalue weighted by atomic mass is 16.5. The van der Waals surface area contributed by atoms with Crippen LogP contribution in [-0.2, 0) is 0 Å². The molecule has 3 aromatic rings. The summed E-state index contributed by atoms with van der Waals surface area (Å²) in [4.78, 5) is 7.38. The second-order valence-corrected chi connectivity index (χ2v) is 10.4. The molecule has 32 heavy (non-hydrogen) atoms. The van der Waals surface area contributed by atoms with Crippen molar-refractivity contribution in [3.8, 4) is 17.0 Å². The van der Waals surface area contributed by atoms with E-state index in [9.17, 15) is 0 Å². The van der Waals surface area contributed by atoms with Crippen LogP contribution in [0.5, 0.6) is 5.75 Å². The average Bonchev–Trinajstić information content (AvgIpc) is 3.07. The maximum atomic E-state index is 6.27. The van der Waals surface area contributed by atoms with E-state index in [2.05, 4.69) is 87.5 Å². The first-order valence-electron chi connectivity index (χ1n) is 11.8. The molecule has 1 N–H and O–H groups in total. The standard InChI is InChI=1S/C27H40N4O/c1-8-30(9-2)18-19-32-22-15-11-10-14-21(22)24-25(29-27(6,7)20-26(3,4)5)31-17-13-12-16-23(31)28-24/h10-17,29H,8-9,18-20H2,1-7H3. The summed E-state index contributed by atoms with van der Waals surface area (Å²) in [5.41, 5.74) is 2.98. The smallest absolute Gasteiger partial charge is 0.139 e. The highest BCUT2D eigenvalue weighted by Gasteiger charge is 2.28. The summed E-state index contributed by atoms with van der Waals surface area (Å²) in [6.45, 7) is 19.4. The highest BCUT2D eigenvalue weighted by molar-refractivity contribution is 5.80. The Balaban J connectivity index is 1.98. The summed E-state index contributed by atoms with van der Waals surface area (Å²) in [5, 5.41) is 3.82. The van der Waals surface area contributed by atoms with Gasteiger partial charge in [0.05, 0.1) is 0 Å². The molecule has 0 saturated carbocycles. The maximum Gasteiger partial charge on any atom is 0.139 e. The molecule has 5 nitrogen and oxygen atoms in total. The van der Waals surface area contributed by atoms with Crippen LogP contribution in [0.4, 0.5) is 5.82 Å². The van der Waals surface area contributed by atoms with Crippen molar-refractivity contribution in [2.24, 2.45) is 5.41 Å². The van der Waals surface area contributed by atoms with E-state index in [1.54, 1.807) is 0 Å². The first-order chi connectivity index (χ1) is 15.1. The first kappa shape index (κ1) is 24.1. The van der Waals surface area contributed by atoms with Gasteiger partial charge in [0.1, 0.15) is 29.5 Å². The predicted octanol–water partition coefficient (Wildman–Crippen LogP) is 6.35. The molecule has 5 heteroatoms. The molecule has 0 atom stereocenters. The lowest BCUT2D eigenvalue weighted by Crippen LogP contribution is -2.36. The van der Waals surface area contributed by atoms with E-state index in [0.717, 1.165) is 54.5 Å². The number of para-hydroxylation sites is 1. The number of likely N-dealkylation sites (N-methyl/N-ethyl adjacent to an activating group) is 1. The molecule has 0 amide bonds. The molecule has 0 aliphatic carbocycles. The summed E-state index contributed by atoms with van der Waals surface area (Å²) >= 11 is 0. The number of hydrogen-bond donors (Lipinski definition) is 1. The number of benzene rings is 1. The van der Waals surface area contributed by atoms with Crippen LogP contribution in [0.25, 0.3) is 16.9 Å². The molecule has 2 aromatic heterocycles. The lowest BCUT2D eigenvalue weighted by Gasteiger charge is -2.34. The van der Waals surface area contributed by atoms with Crippen molar-refractivity contribution in [1.82, 2.24) is 14.3 Å². The number of fused-ring (bicyclic) bond motifs is 1. The molecule has 1 aromatic carbocycles.